The maximum atomic E-state index is 12.7. The lowest BCUT2D eigenvalue weighted by Gasteiger charge is -2.14. The SMILES string of the molecule is CCOc1ccc(C(=O)NC(=S)Nc2cc(-c3nc4cc(C)c(C)cc4o3)ccc2OC)cc1[N+](=O)[O-]. The van der Waals surface area contributed by atoms with Crippen LogP contribution in [0.3, 0.4) is 0 Å². The Morgan fingerprint density at radius 3 is 2.54 bits per heavy atom. The van der Waals surface area contributed by atoms with E-state index in [0.717, 1.165) is 22.7 Å². The molecule has 4 aromatic rings. The Labute approximate surface area is 217 Å². The first-order valence-electron chi connectivity index (χ1n) is 11.3. The number of fused-ring (bicyclic) bond motifs is 1. The van der Waals surface area contributed by atoms with E-state index in [0.29, 0.717) is 28.5 Å². The van der Waals surface area contributed by atoms with Gasteiger partial charge in [0.1, 0.15) is 11.3 Å². The van der Waals surface area contributed by atoms with Gasteiger partial charge in [-0.15, -0.1) is 0 Å². The molecule has 0 atom stereocenters. The van der Waals surface area contributed by atoms with Crippen LogP contribution in [0.4, 0.5) is 11.4 Å². The number of nitrogens with one attached hydrogen (secondary N) is 2. The molecule has 0 saturated carbocycles. The standard InChI is InChI=1S/C26H24N4O6S/c1-5-35-22-9-6-16(13-20(22)30(32)33)24(31)29-26(37)28-19-12-17(7-8-21(19)34-4)25-27-18-10-14(2)15(3)11-23(18)36-25/h6-13H,5H2,1-4H3,(H2,28,29,31,37). The molecule has 0 aliphatic rings. The molecule has 11 heteroatoms. The van der Waals surface area contributed by atoms with E-state index in [9.17, 15) is 14.9 Å². The third-order valence-electron chi connectivity index (χ3n) is 5.64. The number of ether oxygens (including phenoxy) is 2. The molecule has 10 nitrogen and oxygen atoms in total. The maximum absolute atomic E-state index is 12.7. The smallest absolute Gasteiger partial charge is 0.311 e. The number of nitro groups is 1. The minimum Gasteiger partial charge on any atom is -0.495 e. The average Bonchev–Trinajstić information content (AvgIpc) is 3.27. The molecule has 0 aliphatic heterocycles. The molecule has 2 N–H and O–H groups in total. The average molecular weight is 521 g/mol. The van der Waals surface area contributed by atoms with Crippen LogP contribution in [0.25, 0.3) is 22.6 Å². The predicted octanol–water partition coefficient (Wildman–Crippen LogP) is 5.55. The van der Waals surface area contributed by atoms with Crippen LogP contribution in [0, 0.1) is 24.0 Å². The third kappa shape index (κ3) is 5.51. The van der Waals surface area contributed by atoms with Gasteiger partial charge in [0.15, 0.2) is 16.4 Å². The van der Waals surface area contributed by atoms with Crippen LogP contribution in [-0.4, -0.2) is 34.6 Å². The molecule has 190 valence electrons. The van der Waals surface area contributed by atoms with E-state index in [1.807, 2.05) is 26.0 Å². The largest absolute Gasteiger partial charge is 0.495 e. The summed E-state index contributed by atoms with van der Waals surface area (Å²) in [6.45, 7) is 5.99. The number of nitrogens with zero attached hydrogens (tertiary/aromatic N) is 2. The molecule has 1 aromatic heterocycles. The van der Waals surface area contributed by atoms with Gasteiger partial charge in [0.2, 0.25) is 5.89 Å². The van der Waals surface area contributed by atoms with Crippen molar-refractivity contribution < 1.29 is 23.6 Å². The highest BCUT2D eigenvalue weighted by molar-refractivity contribution is 7.80. The van der Waals surface area contributed by atoms with Crippen molar-refractivity contribution in [3.63, 3.8) is 0 Å². The monoisotopic (exact) mass is 520 g/mol. The van der Waals surface area contributed by atoms with E-state index in [1.165, 1.54) is 19.2 Å². The number of carbonyl (C=O) groups is 1. The molecule has 0 saturated heterocycles. The van der Waals surface area contributed by atoms with Crippen LogP contribution in [0.1, 0.15) is 28.4 Å². The fraction of sp³-hybridized carbons (Fsp3) is 0.192. The summed E-state index contributed by atoms with van der Waals surface area (Å²) >= 11 is 5.32. The summed E-state index contributed by atoms with van der Waals surface area (Å²) in [4.78, 5) is 28.1. The van der Waals surface area contributed by atoms with Crippen molar-refractivity contribution in [2.45, 2.75) is 20.8 Å². The van der Waals surface area contributed by atoms with Gasteiger partial charge in [-0.2, -0.15) is 0 Å². The van der Waals surface area contributed by atoms with E-state index >= 15 is 0 Å². The zero-order valence-corrected chi connectivity index (χ0v) is 21.4. The van der Waals surface area contributed by atoms with Crippen molar-refractivity contribution in [1.82, 2.24) is 10.3 Å². The highest BCUT2D eigenvalue weighted by atomic mass is 32.1. The highest BCUT2D eigenvalue weighted by Gasteiger charge is 2.20. The van der Waals surface area contributed by atoms with Gasteiger partial charge in [-0.3, -0.25) is 20.2 Å². The molecular formula is C26H24N4O6S. The predicted molar refractivity (Wildman–Crippen MR) is 143 cm³/mol. The molecule has 1 amide bonds. The van der Waals surface area contributed by atoms with Gasteiger partial charge in [0, 0.05) is 17.2 Å². The highest BCUT2D eigenvalue weighted by Crippen LogP contribution is 2.33. The Morgan fingerprint density at radius 1 is 1.11 bits per heavy atom. The van der Waals surface area contributed by atoms with Gasteiger partial charge in [-0.1, -0.05) is 0 Å². The van der Waals surface area contributed by atoms with Gasteiger partial charge in [-0.05, 0) is 86.6 Å². The minimum absolute atomic E-state index is 0.0270. The second-order valence-electron chi connectivity index (χ2n) is 8.12. The Bertz CT molecular complexity index is 1490. The number of aryl methyl sites for hydroxylation is 2. The lowest BCUT2D eigenvalue weighted by molar-refractivity contribution is -0.385. The number of nitro benzene ring substituents is 1. The molecule has 0 spiro atoms. The molecule has 37 heavy (non-hydrogen) atoms. The molecule has 0 unspecified atom stereocenters. The minimum atomic E-state index is -0.622. The number of amides is 1. The summed E-state index contributed by atoms with van der Waals surface area (Å²) < 4.78 is 16.6. The number of methoxy groups -OCH3 is 1. The Balaban J connectivity index is 1.55. The lowest BCUT2D eigenvalue weighted by atomic mass is 10.1. The molecule has 0 aliphatic carbocycles. The Morgan fingerprint density at radius 2 is 1.84 bits per heavy atom. The Hall–Kier alpha value is -4.51. The van der Waals surface area contributed by atoms with Crippen LogP contribution >= 0.6 is 12.2 Å². The zero-order valence-electron chi connectivity index (χ0n) is 20.6. The molecule has 3 aromatic carbocycles. The number of oxazole rings is 1. The zero-order chi connectivity index (χ0) is 26.7. The first-order chi connectivity index (χ1) is 17.7. The Kier molecular flexibility index (Phi) is 7.35. The van der Waals surface area contributed by atoms with Crippen molar-refractivity contribution in [2.75, 3.05) is 19.0 Å². The van der Waals surface area contributed by atoms with Gasteiger partial charge in [0.05, 0.1) is 24.3 Å². The first kappa shape index (κ1) is 25.6. The van der Waals surface area contributed by atoms with Gasteiger partial charge < -0.3 is 19.2 Å². The van der Waals surface area contributed by atoms with E-state index in [4.69, 9.17) is 26.1 Å². The molecule has 0 radical (unpaired) electrons. The number of benzene rings is 3. The quantitative estimate of drug-likeness (QED) is 0.183. The van der Waals surface area contributed by atoms with Crippen molar-refractivity contribution in [3.8, 4) is 23.0 Å². The topological polar surface area (TPSA) is 129 Å². The van der Waals surface area contributed by atoms with Crippen molar-refractivity contribution in [1.29, 1.82) is 0 Å². The summed E-state index contributed by atoms with van der Waals surface area (Å²) in [6.07, 6.45) is 0. The van der Waals surface area contributed by atoms with E-state index < -0.39 is 10.8 Å². The molecule has 1 heterocycles. The van der Waals surface area contributed by atoms with Crippen LogP contribution in [-0.2, 0) is 0 Å². The maximum Gasteiger partial charge on any atom is 0.311 e. The van der Waals surface area contributed by atoms with Crippen molar-refractivity contribution >= 4 is 45.7 Å². The molecule has 4 rings (SSSR count). The summed E-state index contributed by atoms with van der Waals surface area (Å²) in [5, 5.41) is 16.8. The molecule has 0 bridgehead atoms. The van der Waals surface area contributed by atoms with Crippen molar-refractivity contribution in [3.05, 3.63) is 75.3 Å². The number of anilines is 1. The molecular weight excluding hydrogens is 496 g/mol. The fourth-order valence-electron chi connectivity index (χ4n) is 3.65. The van der Waals surface area contributed by atoms with Crippen LogP contribution in [0.5, 0.6) is 11.5 Å². The van der Waals surface area contributed by atoms with Gasteiger partial charge in [0.25, 0.3) is 5.91 Å². The summed E-state index contributed by atoms with van der Waals surface area (Å²) in [5.41, 5.74) is 4.52. The van der Waals surface area contributed by atoms with Gasteiger partial charge >= 0.3 is 5.69 Å². The second kappa shape index (κ2) is 10.6. The third-order valence-corrected chi connectivity index (χ3v) is 5.85. The van der Waals surface area contributed by atoms with E-state index in [1.54, 1.807) is 25.1 Å². The van der Waals surface area contributed by atoms with Crippen molar-refractivity contribution in [2.24, 2.45) is 0 Å². The van der Waals surface area contributed by atoms with E-state index in [2.05, 4.69) is 15.6 Å². The normalized spacial score (nSPS) is 10.7. The van der Waals surface area contributed by atoms with Crippen LogP contribution in [0.15, 0.2) is 52.9 Å². The number of thiocarbonyl (C=S) groups is 1. The number of aromatic nitrogens is 1. The number of hydrogen-bond acceptors (Lipinski definition) is 8. The number of carbonyl (C=O) groups excluding carboxylic acids is 1. The molecule has 0 fully saturated rings. The fourth-order valence-corrected chi connectivity index (χ4v) is 3.85. The first-order valence-corrected chi connectivity index (χ1v) is 11.7. The van der Waals surface area contributed by atoms with Crippen LogP contribution in [0.2, 0.25) is 0 Å². The summed E-state index contributed by atoms with van der Waals surface area (Å²) in [5.74, 6) is 0.349. The number of hydrogen-bond donors (Lipinski definition) is 2. The summed E-state index contributed by atoms with van der Waals surface area (Å²) in [6, 6.07) is 13.1. The lowest BCUT2D eigenvalue weighted by Crippen LogP contribution is -2.34. The second-order valence-corrected chi connectivity index (χ2v) is 8.53. The van der Waals surface area contributed by atoms with Crippen LogP contribution < -0.4 is 20.1 Å². The van der Waals surface area contributed by atoms with E-state index in [-0.39, 0.29) is 28.7 Å². The summed E-state index contributed by atoms with van der Waals surface area (Å²) in [7, 11) is 1.51. The number of rotatable bonds is 7. The van der Waals surface area contributed by atoms with Gasteiger partial charge in [-0.25, -0.2) is 4.98 Å².